The molecule has 1 aromatic carbocycles. The Morgan fingerprint density at radius 1 is 1.44 bits per heavy atom. The molecule has 2 rings (SSSR count). The van der Waals surface area contributed by atoms with Crippen molar-refractivity contribution in [3.05, 3.63) is 34.9 Å². The minimum Gasteiger partial charge on any atom is -0.381 e. The molecule has 2 atom stereocenters. The van der Waals surface area contributed by atoms with Crippen LogP contribution < -0.4 is 5.32 Å². The third-order valence-electron chi connectivity index (χ3n) is 3.22. The number of hydrogen-bond acceptors (Lipinski definition) is 2. The zero-order chi connectivity index (χ0) is 11.4. The van der Waals surface area contributed by atoms with Gasteiger partial charge in [-0.25, -0.2) is 0 Å². The second-order valence-electron chi connectivity index (χ2n) is 4.27. The Morgan fingerprint density at radius 3 is 2.88 bits per heavy atom. The molecule has 3 heteroatoms. The molecule has 16 heavy (non-hydrogen) atoms. The quantitative estimate of drug-likeness (QED) is 0.876. The van der Waals surface area contributed by atoms with Gasteiger partial charge in [0.2, 0.25) is 0 Å². The Bertz CT molecular complexity index is 336. The van der Waals surface area contributed by atoms with Crippen LogP contribution in [-0.2, 0) is 4.74 Å². The van der Waals surface area contributed by atoms with Gasteiger partial charge in [0.05, 0.1) is 6.61 Å². The van der Waals surface area contributed by atoms with Crippen LogP contribution in [0.2, 0.25) is 5.02 Å². The molecular weight excluding hydrogens is 222 g/mol. The van der Waals surface area contributed by atoms with Crippen molar-refractivity contribution in [3.63, 3.8) is 0 Å². The van der Waals surface area contributed by atoms with Crippen LogP contribution >= 0.6 is 11.6 Å². The standard InChI is InChI=1S/C13H18ClNO/c1-15-13(10-5-4-8-16-9-10)11-6-2-3-7-12(11)14/h2-3,6-7,10,13,15H,4-5,8-9H2,1H3. The van der Waals surface area contributed by atoms with Crippen LogP contribution in [0.25, 0.3) is 0 Å². The molecule has 88 valence electrons. The van der Waals surface area contributed by atoms with Crippen molar-refractivity contribution >= 4 is 11.6 Å². The second kappa shape index (κ2) is 5.67. The van der Waals surface area contributed by atoms with Gasteiger partial charge in [0.15, 0.2) is 0 Å². The van der Waals surface area contributed by atoms with E-state index in [0.29, 0.717) is 12.0 Å². The third kappa shape index (κ3) is 2.57. The molecule has 1 saturated heterocycles. The molecule has 2 unspecified atom stereocenters. The maximum Gasteiger partial charge on any atom is 0.0512 e. The molecule has 1 aliphatic rings. The molecule has 0 bridgehead atoms. The molecule has 0 spiro atoms. The predicted octanol–water partition coefficient (Wildman–Crippen LogP) is 3.03. The first-order valence-electron chi connectivity index (χ1n) is 5.82. The van der Waals surface area contributed by atoms with Crippen molar-refractivity contribution in [1.82, 2.24) is 5.32 Å². The summed E-state index contributed by atoms with van der Waals surface area (Å²) >= 11 is 6.24. The molecule has 1 aliphatic heterocycles. The molecule has 0 radical (unpaired) electrons. The van der Waals surface area contributed by atoms with Gasteiger partial charge in [-0.1, -0.05) is 29.8 Å². The molecule has 0 aliphatic carbocycles. The lowest BCUT2D eigenvalue weighted by Crippen LogP contribution is -2.31. The van der Waals surface area contributed by atoms with Crippen molar-refractivity contribution < 1.29 is 4.74 Å². The number of hydrogen-bond donors (Lipinski definition) is 1. The SMILES string of the molecule is CNC(c1ccccc1Cl)C1CCCOC1. The maximum absolute atomic E-state index is 6.24. The average Bonchev–Trinajstić information content (AvgIpc) is 2.34. The van der Waals surface area contributed by atoms with Crippen LogP contribution in [0.15, 0.2) is 24.3 Å². The average molecular weight is 240 g/mol. The van der Waals surface area contributed by atoms with Gasteiger partial charge in [0.25, 0.3) is 0 Å². The van der Waals surface area contributed by atoms with E-state index in [1.54, 1.807) is 0 Å². The Kier molecular flexibility index (Phi) is 4.22. The van der Waals surface area contributed by atoms with E-state index in [1.165, 1.54) is 12.0 Å². The van der Waals surface area contributed by atoms with Gasteiger partial charge in [0, 0.05) is 23.6 Å². The molecule has 1 aromatic rings. The fourth-order valence-corrected chi connectivity index (χ4v) is 2.65. The van der Waals surface area contributed by atoms with Crippen LogP contribution in [0.1, 0.15) is 24.4 Å². The number of ether oxygens (including phenoxy) is 1. The van der Waals surface area contributed by atoms with Crippen molar-refractivity contribution in [3.8, 4) is 0 Å². The Labute approximate surface area is 102 Å². The lowest BCUT2D eigenvalue weighted by molar-refractivity contribution is 0.0402. The summed E-state index contributed by atoms with van der Waals surface area (Å²) in [7, 11) is 1.99. The second-order valence-corrected chi connectivity index (χ2v) is 4.67. The molecule has 1 N–H and O–H groups in total. The van der Waals surface area contributed by atoms with E-state index in [1.807, 2.05) is 25.2 Å². The van der Waals surface area contributed by atoms with E-state index in [4.69, 9.17) is 16.3 Å². The summed E-state index contributed by atoms with van der Waals surface area (Å²) in [4.78, 5) is 0. The molecule has 1 heterocycles. The normalized spacial score (nSPS) is 23.0. The van der Waals surface area contributed by atoms with E-state index in [0.717, 1.165) is 24.7 Å². The largest absolute Gasteiger partial charge is 0.381 e. The third-order valence-corrected chi connectivity index (χ3v) is 3.56. The van der Waals surface area contributed by atoms with Crippen LogP contribution in [0.4, 0.5) is 0 Å². The summed E-state index contributed by atoms with van der Waals surface area (Å²) in [5, 5.41) is 4.20. The Morgan fingerprint density at radius 2 is 2.25 bits per heavy atom. The van der Waals surface area contributed by atoms with Crippen molar-refractivity contribution in [2.45, 2.75) is 18.9 Å². The summed E-state index contributed by atoms with van der Waals surface area (Å²) in [5.74, 6) is 0.527. The van der Waals surface area contributed by atoms with Crippen molar-refractivity contribution in [1.29, 1.82) is 0 Å². The molecule has 0 aromatic heterocycles. The highest BCUT2D eigenvalue weighted by Gasteiger charge is 2.25. The minimum atomic E-state index is 0.300. The molecular formula is C13H18ClNO. The van der Waals surface area contributed by atoms with Gasteiger partial charge >= 0.3 is 0 Å². The van der Waals surface area contributed by atoms with Crippen molar-refractivity contribution in [2.24, 2.45) is 5.92 Å². The highest BCUT2D eigenvalue weighted by atomic mass is 35.5. The summed E-state index contributed by atoms with van der Waals surface area (Å²) < 4.78 is 5.54. The van der Waals surface area contributed by atoms with Gasteiger partial charge in [-0.2, -0.15) is 0 Å². The minimum absolute atomic E-state index is 0.300. The lowest BCUT2D eigenvalue weighted by Gasteiger charge is -2.30. The first kappa shape index (κ1) is 11.9. The van der Waals surface area contributed by atoms with Crippen molar-refractivity contribution in [2.75, 3.05) is 20.3 Å². The number of halogens is 1. The monoisotopic (exact) mass is 239 g/mol. The van der Waals surface area contributed by atoms with E-state index in [9.17, 15) is 0 Å². The fraction of sp³-hybridized carbons (Fsp3) is 0.538. The number of benzene rings is 1. The molecule has 0 amide bonds. The van der Waals surface area contributed by atoms with Gasteiger partial charge in [-0.05, 0) is 31.5 Å². The fourth-order valence-electron chi connectivity index (χ4n) is 2.40. The highest BCUT2D eigenvalue weighted by Crippen LogP contribution is 2.32. The van der Waals surface area contributed by atoms with E-state index in [2.05, 4.69) is 11.4 Å². The van der Waals surface area contributed by atoms with E-state index < -0.39 is 0 Å². The van der Waals surface area contributed by atoms with Crippen LogP contribution in [0.3, 0.4) is 0 Å². The van der Waals surface area contributed by atoms with E-state index >= 15 is 0 Å². The van der Waals surface area contributed by atoms with Gasteiger partial charge < -0.3 is 10.1 Å². The topological polar surface area (TPSA) is 21.3 Å². The first-order valence-corrected chi connectivity index (χ1v) is 6.20. The zero-order valence-electron chi connectivity index (χ0n) is 9.58. The summed E-state index contributed by atoms with van der Waals surface area (Å²) in [6, 6.07) is 8.35. The number of rotatable bonds is 3. The predicted molar refractivity (Wildman–Crippen MR) is 66.8 cm³/mol. The maximum atomic E-state index is 6.24. The smallest absolute Gasteiger partial charge is 0.0512 e. The summed E-state index contributed by atoms with van der Waals surface area (Å²) in [6.07, 6.45) is 2.35. The summed E-state index contributed by atoms with van der Waals surface area (Å²) in [5.41, 5.74) is 1.18. The van der Waals surface area contributed by atoms with Crippen LogP contribution in [0, 0.1) is 5.92 Å². The zero-order valence-corrected chi connectivity index (χ0v) is 10.3. The molecule has 1 fully saturated rings. The summed E-state index contributed by atoms with van der Waals surface area (Å²) in [6.45, 7) is 1.73. The molecule has 2 nitrogen and oxygen atoms in total. The van der Waals surface area contributed by atoms with Crippen LogP contribution in [0.5, 0.6) is 0 Å². The van der Waals surface area contributed by atoms with Gasteiger partial charge in [-0.3, -0.25) is 0 Å². The Balaban J connectivity index is 2.18. The van der Waals surface area contributed by atoms with Crippen LogP contribution in [-0.4, -0.2) is 20.3 Å². The van der Waals surface area contributed by atoms with E-state index in [-0.39, 0.29) is 0 Å². The molecule has 0 saturated carbocycles. The van der Waals surface area contributed by atoms with Gasteiger partial charge in [-0.15, -0.1) is 0 Å². The van der Waals surface area contributed by atoms with Gasteiger partial charge in [0.1, 0.15) is 0 Å². The Hall–Kier alpha value is -0.570. The lowest BCUT2D eigenvalue weighted by atomic mass is 9.89. The highest BCUT2D eigenvalue weighted by molar-refractivity contribution is 6.31. The first-order chi connectivity index (χ1) is 7.83. The number of nitrogens with one attached hydrogen (secondary N) is 1.